The topological polar surface area (TPSA) is 72.5 Å². The van der Waals surface area contributed by atoms with Crippen molar-refractivity contribution in [2.24, 2.45) is 0 Å². The van der Waals surface area contributed by atoms with Gasteiger partial charge in [0.2, 0.25) is 0 Å². The Morgan fingerprint density at radius 1 is 0.973 bits per heavy atom. The Labute approximate surface area is 233 Å². The van der Waals surface area contributed by atoms with Crippen molar-refractivity contribution in [3.8, 4) is 11.1 Å². The summed E-state index contributed by atoms with van der Waals surface area (Å²) in [6.45, 7) is 2.64. The minimum absolute atomic E-state index is 0. The fourth-order valence-electron chi connectivity index (χ4n) is 4.49. The van der Waals surface area contributed by atoms with Gasteiger partial charge in [-0.3, -0.25) is 4.79 Å². The fraction of sp³-hybridized carbons (Fsp3) is 0.214. The molecule has 0 aliphatic carbocycles. The highest BCUT2D eigenvalue weighted by Gasteiger charge is 2.26. The number of nitrogens with zero attached hydrogens (tertiary/aromatic N) is 3. The van der Waals surface area contributed by atoms with Crippen LogP contribution in [0.4, 0.5) is 5.69 Å². The largest absolute Gasteiger partial charge is 0.396 e. The van der Waals surface area contributed by atoms with Gasteiger partial charge in [-0.05, 0) is 41.0 Å². The average Bonchev–Trinajstić information content (AvgIpc) is 3.35. The minimum Gasteiger partial charge on any atom is -0.396 e. The number of amides is 1. The maximum Gasteiger partial charge on any atom is 0.255 e. The molecule has 0 fully saturated rings. The highest BCUT2D eigenvalue weighted by Crippen LogP contribution is 2.32. The SMILES string of the molecule is Cl.Cl.O=C(c1ccccc1SCCO)N1CCN(Cc2cnc[nH]2)c2ccc(-c3ccccc3)cc2C1. The molecule has 0 saturated heterocycles. The number of hydrogen-bond acceptors (Lipinski definition) is 5. The third kappa shape index (κ3) is 6.67. The summed E-state index contributed by atoms with van der Waals surface area (Å²) < 4.78 is 0. The molecule has 0 saturated carbocycles. The molecule has 4 aromatic rings. The molecular formula is C28H30Cl2N4O2S. The van der Waals surface area contributed by atoms with Crippen molar-refractivity contribution in [2.45, 2.75) is 18.0 Å². The molecule has 37 heavy (non-hydrogen) atoms. The van der Waals surface area contributed by atoms with E-state index in [1.165, 1.54) is 11.8 Å². The lowest BCUT2D eigenvalue weighted by Crippen LogP contribution is -2.35. The number of thioether (sulfide) groups is 1. The number of aromatic amines is 1. The maximum atomic E-state index is 13.7. The lowest BCUT2D eigenvalue weighted by Gasteiger charge is -2.24. The van der Waals surface area contributed by atoms with E-state index in [-0.39, 0.29) is 37.3 Å². The second-order valence-corrected chi connectivity index (χ2v) is 9.64. The zero-order valence-electron chi connectivity index (χ0n) is 20.2. The van der Waals surface area contributed by atoms with Gasteiger partial charge in [-0.15, -0.1) is 36.6 Å². The van der Waals surface area contributed by atoms with Crippen molar-refractivity contribution < 1.29 is 9.90 Å². The van der Waals surface area contributed by atoms with Gasteiger partial charge in [-0.2, -0.15) is 0 Å². The summed E-state index contributed by atoms with van der Waals surface area (Å²) in [4.78, 5) is 26.3. The number of aliphatic hydroxyl groups is 1. The molecule has 2 heterocycles. The van der Waals surface area contributed by atoms with Crippen molar-refractivity contribution in [1.29, 1.82) is 0 Å². The summed E-state index contributed by atoms with van der Waals surface area (Å²) >= 11 is 1.51. The van der Waals surface area contributed by atoms with Gasteiger partial charge in [-0.1, -0.05) is 48.5 Å². The molecule has 0 atom stereocenters. The molecule has 194 valence electrons. The molecule has 1 aliphatic rings. The molecule has 0 radical (unpaired) electrons. The first-order valence-electron chi connectivity index (χ1n) is 11.8. The second kappa shape index (κ2) is 13.5. The van der Waals surface area contributed by atoms with Crippen LogP contribution in [0.25, 0.3) is 11.1 Å². The van der Waals surface area contributed by atoms with Crippen LogP contribution in [-0.2, 0) is 13.1 Å². The Bertz CT molecular complexity index is 1290. The molecule has 1 amide bonds. The molecule has 0 spiro atoms. The van der Waals surface area contributed by atoms with Crippen molar-refractivity contribution >= 4 is 48.2 Å². The molecule has 0 unspecified atom stereocenters. The molecule has 0 bridgehead atoms. The van der Waals surface area contributed by atoms with E-state index in [2.05, 4.69) is 45.2 Å². The second-order valence-electron chi connectivity index (χ2n) is 8.50. The maximum absolute atomic E-state index is 13.7. The van der Waals surface area contributed by atoms with Crippen molar-refractivity contribution in [1.82, 2.24) is 14.9 Å². The van der Waals surface area contributed by atoms with E-state index in [0.717, 1.165) is 33.0 Å². The summed E-state index contributed by atoms with van der Waals surface area (Å²) in [7, 11) is 0. The number of halogens is 2. The number of benzene rings is 3. The normalized spacial score (nSPS) is 12.7. The Balaban J connectivity index is 0.00000190. The molecule has 6 nitrogen and oxygen atoms in total. The standard InChI is InChI=1S/C28H28N4O2S.2ClH/c33-14-15-35-27-9-5-4-8-25(27)28(34)32-13-12-31(19-24-17-29-20-30-24)26-11-10-22(16-23(26)18-32)21-6-2-1-3-7-21;;/h1-11,16-17,20,33H,12-15,18-19H2,(H,29,30);2*1H. The third-order valence-corrected chi connectivity index (χ3v) is 7.25. The van der Waals surface area contributed by atoms with Crippen LogP contribution in [0.3, 0.4) is 0 Å². The number of hydrogen-bond donors (Lipinski definition) is 2. The van der Waals surface area contributed by atoms with E-state index in [0.29, 0.717) is 37.5 Å². The van der Waals surface area contributed by atoms with Crippen LogP contribution in [-0.4, -0.2) is 51.3 Å². The zero-order chi connectivity index (χ0) is 24.0. The highest BCUT2D eigenvalue weighted by atomic mass is 35.5. The number of anilines is 1. The first-order chi connectivity index (χ1) is 17.2. The first-order valence-corrected chi connectivity index (χ1v) is 12.7. The van der Waals surface area contributed by atoms with Crippen molar-refractivity contribution in [3.63, 3.8) is 0 Å². The van der Waals surface area contributed by atoms with Crippen LogP contribution in [0.1, 0.15) is 21.6 Å². The number of carbonyl (C=O) groups is 1. The van der Waals surface area contributed by atoms with Crippen LogP contribution in [0.15, 0.2) is 90.2 Å². The molecular weight excluding hydrogens is 527 g/mol. The van der Waals surface area contributed by atoms with Gasteiger partial charge in [-0.25, -0.2) is 4.98 Å². The van der Waals surface area contributed by atoms with Crippen molar-refractivity contribution in [2.75, 3.05) is 30.3 Å². The quantitative estimate of drug-likeness (QED) is 0.287. The monoisotopic (exact) mass is 556 g/mol. The number of H-pyrrole nitrogens is 1. The van der Waals surface area contributed by atoms with Gasteiger partial charge in [0.25, 0.3) is 5.91 Å². The number of carbonyl (C=O) groups excluding carboxylic acids is 1. The van der Waals surface area contributed by atoms with Gasteiger partial charge >= 0.3 is 0 Å². The minimum atomic E-state index is 0. The predicted molar refractivity (Wildman–Crippen MR) is 155 cm³/mol. The summed E-state index contributed by atoms with van der Waals surface area (Å²) in [6, 6.07) is 24.6. The third-order valence-electron chi connectivity index (χ3n) is 6.20. The number of rotatable bonds is 7. The number of imidazole rings is 1. The molecule has 1 aliphatic heterocycles. The van der Waals surface area contributed by atoms with E-state index in [4.69, 9.17) is 0 Å². The predicted octanol–water partition coefficient (Wildman–Crippen LogP) is 5.67. The van der Waals surface area contributed by atoms with E-state index >= 15 is 0 Å². The Morgan fingerprint density at radius 3 is 2.51 bits per heavy atom. The highest BCUT2D eigenvalue weighted by molar-refractivity contribution is 7.99. The van der Waals surface area contributed by atoms with Crippen LogP contribution in [0.2, 0.25) is 0 Å². The Kier molecular flexibility index (Phi) is 10.5. The Hall–Kier alpha value is -2.97. The van der Waals surface area contributed by atoms with Gasteiger partial charge in [0.1, 0.15) is 0 Å². The van der Waals surface area contributed by atoms with Gasteiger partial charge in [0, 0.05) is 42.2 Å². The van der Waals surface area contributed by atoms with E-state index in [9.17, 15) is 9.90 Å². The van der Waals surface area contributed by atoms with Crippen LogP contribution in [0, 0.1) is 0 Å². The molecule has 3 aromatic carbocycles. The molecule has 2 N–H and O–H groups in total. The summed E-state index contributed by atoms with van der Waals surface area (Å²) in [5.41, 5.74) is 6.28. The lowest BCUT2D eigenvalue weighted by atomic mass is 10.0. The lowest BCUT2D eigenvalue weighted by molar-refractivity contribution is 0.0748. The number of aromatic nitrogens is 2. The molecule has 1 aromatic heterocycles. The van der Waals surface area contributed by atoms with Gasteiger partial charge in [0.15, 0.2) is 0 Å². The smallest absolute Gasteiger partial charge is 0.255 e. The average molecular weight is 558 g/mol. The summed E-state index contributed by atoms with van der Waals surface area (Å²) in [6.07, 6.45) is 3.55. The fourth-order valence-corrected chi connectivity index (χ4v) is 5.28. The zero-order valence-corrected chi connectivity index (χ0v) is 22.7. The van der Waals surface area contributed by atoms with Crippen LogP contribution in [0.5, 0.6) is 0 Å². The summed E-state index contributed by atoms with van der Waals surface area (Å²) in [5.74, 6) is 0.580. The van der Waals surface area contributed by atoms with E-state index in [1.54, 1.807) is 6.33 Å². The number of nitrogens with one attached hydrogen (secondary N) is 1. The number of aliphatic hydroxyl groups excluding tert-OH is 1. The number of fused-ring (bicyclic) bond motifs is 1. The van der Waals surface area contributed by atoms with Crippen LogP contribution < -0.4 is 4.90 Å². The van der Waals surface area contributed by atoms with E-state index in [1.807, 2.05) is 53.6 Å². The van der Waals surface area contributed by atoms with E-state index < -0.39 is 0 Å². The van der Waals surface area contributed by atoms with Crippen LogP contribution >= 0.6 is 36.6 Å². The Morgan fingerprint density at radius 2 is 1.76 bits per heavy atom. The van der Waals surface area contributed by atoms with Gasteiger partial charge < -0.3 is 19.9 Å². The first kappa shape index (κ1) is 28.6. The van der Waals surface area contributed by atoms with Gasteiger partial charge in [0.05, 0.1) is 30.7 Å². The molecule has 5 rings (SSSR count). The molecule has 9 heteroatoms. The summed E-state index contributed by atoms with van der Waals surface area (Å²) in [5, 5.41) is 9.28. The van der Waals surface area contributed by atoms with Crippen molar-refractivity contribution in [3.05, 3.63) is 102 Å².